The standard InChI is InChI=1S/C25H23Br2N5O3S/c1-25(2,3)35-24(33)30-20-11-14(9-10-28-20)21-18(12-16(27)13-19(21)34-4)22-31-32-23(36-22)29-17-7-5-15(26)6-8-17/h5-13H,1-4H3,(H,29,32)(H,28,30,33). The van der Waals surface area contributed by atoms with Crippen LogP contribution in [0.25, 0.3) is 21.7 Å². The van der Waals surface area contributed by atoms with Crippen molar-refractivity contribution in [2.45, 2.75) is 26.4 Å². The number of rotatable bonds is 6. The fourth-order valence-electron chi connectivity index (χ4n) is 3.31. The highest BCUT2D eigenvalue weighted by Crippen LogP contribution is 2.43. The number of halogens is 2. The fraction of sp³-hybridized carbons (Fsp3) is 0.200. The molecule has 0 aliphatic heterocycles. The lowest BCUT2D eigenvalue weighted by Crippen LogP contribution is -2.27. The summed E-state index contributed by atoms with van der Waals surface area (Å²) in [6, 6.07) is 15.3. The predicted molar refractivity (Wildman–Crippen MR) is 150 cm³/mol. The maximum absolute atomic E-state index is 12.3. The molecule has 2 aromatic carbocycles. The van der Waals surface area contributed by atoms with Gasteiger partial charge in [-0.25, -0.2) is 9.78 Å². The molecular formula is C25H23Br2N5O3S. The summed E-state index contributed by atoms with van der Waals surface area (Å²) in [6.07, 6.45) is 1.04. The van der Waals surface area contributed by atoms with Crippen LogP contribution < -0.4 is 15.4 Å². The molecule has 0 atom stereocenters. The van der Waals surface area contributed by atoms with Gasteiger partial charge in [-0.2, -0.15) is 0 Å². The van der Waals surface area contributed by atoms with Crippen molar-refractivity contribution in [2.75, 3.05) is 17.7 Å². The zero-order valence-electron chi connectivity index (χ0n) is 19.9. The van der Waals surface area contributed by atoms with Gasteiger partial charge in [-0.05, 0) is 74.9 Å². The topological polar surface area (TPSA) is 98.3 Å². The summed E-state index contributed by atoms with van der Waals surface area (Å²) < 4.78 is 12.9. The highest BCUT2D eigenvalue weighted by molar-refractivity contribution is 9.10. The fourth-order valence-corrected chi connectivity index (χ4v) is 4.80. The lowest BCUT2D eigenvalue weighted by Gasteiger charge is -2.19. The van der Waals surface area contributed by atoms with Gasteiger partial charge >= 0.3 is 6.09 Å². The van der Waals surface area contributed by atoms with E-state index in [9.17, 15) is 4.79 Å². The number of ether oxygens (including phenoxy) is 2. The second kappa shape index (κ2) is 10.9. The summed E-state index contributed by atoms with van der Waals surface area (Å²) in [6.45, 7) is 5.41. The summed E-state index contributed by atoms with van der Waals surface area (Å²) in [5.74, 6) is 0.985. The molecule has 2 heterocycles. The van der Waals surface area contributed by atoms with E-state index in [1.165, 1.54) is 11.3 Å². The lowest BCUT2D eigenvalue weighted by molar-refractivity contribution is 0.0635. The molecule has 1 amide bonds. The molecule has 0 saturated heterocycles. The molecule has 0 fully saturated rings. The van der Waals surface area contributed by atoms with E-state index in [4.69, 9.17) is 9.47 Å². The minimum atomic E-state index is -0.621. The van der Waals surface area contributed by atoms with Crippen LogP contribution in [0.3, 0.4) is 0 Å². The van der Waals surface area contributed by atoms with Crippen molar-refractivity contribution >= 4 is 65.9 Å². The number of nitrogens with one attached hydrogen (secondary N) is 2. The van der Waals surface area contributed by atoms with Crippen LogP contribution in [0, 0.1) is 0 Å². The number of hydrogen-bond acceptors (Lipinski definition) is 8. The number of amides is 1. The van der Waals surface area contributed by atoms with E-state index in [0.717, 1.165) is 31.3 Å². The molecule has 2 N–H and O–H groups in total. The van der Waals surface area contributed by atoms with Crippen molar-refractivity contribution in [3.8, 4) is 27.4 Å². The van der Waals surface area contributed by atoms with E-state index in [-0.39, 0.29) is 0 Å². The molecule has 0 radical (unpaired) electrons. The van der Waals surface area contributed by atoms with E-state index in [1.807, 2.05) is 42.5 Å². The molecule has 11 heteroatoms. The van der Waals surface area contributed by atoms with Gasteiger partial charge in [-0.15, -0.1) is 10.2 Å². The first-order valence-corrected chi connectivity index (χ1v) is 13.2. The monoisotopic (exact) mass is 631 g/mol. The highest BCUT2D eigenvalue weighted by Gasteiger charge is 2.20. The average Bonchev–Trinajstić information content (AvgIpc) is 3.27. The Hall–Kier alpha value is -3.02. The Morgan fingerprint density at radius 2 is 1.75 bits per heavy atom. The molecule has 0 bridgehead atoms. The minimum Gasteiger partial charge on any atom is -0.496 e. The third kappa shape index (κ3) is 6.59. The molecular weight excluding hydrogens is 610 g/mol. The number of anilines is 3. The third-order valence-corrected chi connectivity index (χ3v) is 6.57. The molecule has 0 spiro atoms. The van der Waals surface area contributed by atoms with Gasteiger partial charge in [0.1, 0.15) is 22.2 Å². The first kappa shape index (κ1) is 26.1. The molecule has 4 aromatic rings. The summed E-state index contributed by atoms with van der Waals surface area (Å²) in [5.41, 5.74) is 2.68. The molecule has 4 rings (SSSR count). The van der Waals surface area contributed by atoms with Crippen molar-refractivity contribution in [1.82, 2.24) is 15.2 Å². The molecule has 0 unspecified atom stereocenters. The van der Waals surface area contributed by atoms with Gasteiger partial charge in [-0.3, -0.25) is 5.32 Å². The number of carbonyl (C=O) groups is 1. The van der Waals surface area contributed by atoms with Gasteiger partial charge in [0, 0.05) is 32.0 Å². The van der Waals surface area contributed by atoms with Crippen LogP contribution in [-0.2, 0) is 4.74 Å². The van der Waals surface area contributed by atoms with Gasteiger partial charge in [0.05, 0.1) is 7.11 Å². The van der Waals surface area contributed by atoms with Crippen LogP contribution in [0.1, 0.15) is 20.8 Å². The predicted octanol–water partition coefficient (Wildman–Crippen LogP) is 7.89. The largest absolute Gasteiger partial charge is 0.496 e. The smallest absolute Gasteiger partial charge is 0.413 e. The molecule has 36 heavy (non-hydrogen) atoms. The number of nitrogens with zero attached hydrogens (tertiary/aromatic N) is 3. The van der Waals surface area contributed by atoms with Crippen molar-refractivity contribution in [3.63, 3.8) is 0 Å². The van der Waals surface area contributed by atoms with Crippen LogP contribution in [0.2, 0.25) is 0 Å². The summed E-state index contributed by atoms with van der Waals surface area (Å²) >= 11 is 8.43. The van der Waals surface area contributed by atoms with E-state index in [1.54, 1.807) is 40.1 Å². The highest BCUT2D eigenvalue weighted by atomic mass is 79.9. The Kier molecular flexibility index (Phi) is 7.91. The van der Waals surface area contributed by atoms with E-state index < -0.39 is 11.7 Å². The van der Waals surface area contributed by atoms with Gasteiger partial charge in [0.2, 0.25) is 5.13 Å². The second-order valence-electron chi connectivity index (χ2n) is 8.63. The van der Waals surface area contributed by atoms with Crippen molar-refractivity contribution in [3.05, 3.63) is 63.7 Å². The Labute approximate surface area is 229 Å². The first-order chi connectivity index (χ1) is 17.1. The van der Waals surface area contributed by atoms with Crippen LogP contribution >= 0.6 is 43.2 Å². The average molecular weight is 633 g/mol. The van der Waals surface area contributed by atoms with Gasteiger partial charge in [0.15, 0.2) is 0 Å². The number of pyridine rings is 1. The minimum absolute atomic E-state index is 0.354. The van der Waals surface area contributed by atoms with E-state index >= 15 is 0 Å². The molecule has 0 aliphatic rings. The number of benzene rings is 2. The Balaban J connectivity index is 1.70. The normalized spacial score (nSPS) is 11.2. The SMILES string of the molecule is COc1cc(Br)cc(-c2nnc(Nc3ccc(Br)cc3)s2)c1-c1ccnc(NC(=O)OC(C)(C)C)c1. The van der Waals surface area contributed by atoms with E-state index in [0.29, 0.717) is 21.7 Å². The van der Waals surface area contributed by atoms with Gasteiger partial charge in [0.25, 0.3) is 0 Å². The van der Waals surface area contributed by atoms with Crippen LogP contribution in [0.5, 0.6) is 5.75 Å². The number of hydrogen-bond donors (Lipinski definition) is 2. The Bertz CT molecular complexity index is 1390. The van der Waals surface area contributed by atoms with Crippen molar-refractivity contribution < 1.29 is 14.3 Å². The first-order valence-electron chi connectivity index (χ1n) is 10.8. The number of methoxy groups -OCH3 is 1. The van der Waals surface area contributed by atoms with Crippen LogP contribution in [0.4, 0.5) is 21.4 Å². The second-order valence-corrected chi connectivity index (χ2v) is 11.4. The maximum Gasteiger partial charge on any atom is 0.413 e. The number of aromatic nitrogens is 3. The van der Waals surface area contributed by atoms with Crippen LogP contribution in [-0.4, -0.2) is 34.0 Å². The zero-order chi connectivity index (χ0) is 25.9. The van der Waals surface area contributed by atoms with Gasteiger partial charge < -0.3 is 14.8 Å². The Morgan fingerprint density at radius 3 is 2.44 bits per heavy atom. The molecule has 0 aliphatic carbocycles. The van der Waals surface area contributed by atoms with E-state index in [2.05, 4.69) is 57.7 Å². The summed E-state index contributed by atoms with van der Waals surface area (Å²) in [7, 11) is 1.61. The third-order valence-electron chi connectivity index (χ3n) is 4.72. The molecule has 0 saturated carbocycles. The van der Waals surface area contributed by atoms with Crippen molar-refractivity contribution in [1.29, 1.82) is 0 Å². The molecule has 8 nitrogen and oxygen atoms in total. The summed E-state index contributed by atoms with van der Waals surface area (Å²) in [4.78, 5) is 16.5. The maximum atomic E-state index is 12.3. The van der Waals surface area contributed by atoms with Gasteiger partial charge in [-0.1, -0.05) is 43.2 Å². The molecule has 2 aromatic heterocycles. The Morgan fingerprint density at radius 1 is 1.00 bits per heavy atom. The van der Waals surface area contributed by atoms with Crippen molar-refractivity contribution in [2.24, 2.45) is 0 Å². The summed E-state index contributed by atoms with van der Waals surface area (Å²) in [5, 5.41) is 16.1. The molecule has 186 valence electrons. The number of carbonyl (C=O) groups excluding carboxylic acids is 1. The zero-order valence-corrected chi connectivity index (χ0v) is 23.9. The lowest BCUT2D eigenvalue weighted by atomic mass is 9.99. The quantitative estimate of drug-likeness (QED) is 0.223. The van der Waals surface area contributed by atoms with Crippen LogP contribution in [0.15, 0.2) is 63.7 Å².